The van der Waals surface area contributed by atoms with Gasteiger partial charge in [-0.1, -0.05) is 18.2 Å². The molecular formula is C17H14O3. The maximum absolute atomic E-state index is 12.6. The van der Waals surface area contributed by atoms with Crippen LogP contribution in [-0.4, -0.2) is 5.11 Å². The monoisotopic (exact) mass is 266 g/mol. The fraction of sp³-hybridized carbons (Fsp3) is 0.118. The van der Waals surface area contributed by atoms with Gasteiger partial charge in [0.2, 0.25) is 5.43 Å². The van der Waals surface area contributed by atoms with Gasteiger partial charge in [0.25, 0.3) is 0 Å². The van der Waals surface area contributed by atoms with Gasteiger partial charge < -0.3 is 9.52 Å². The minimum atomic E-state index is -0.0651. The Morgan fingerprint density at radius 3 is 2.85 bits per heavy atom. The molecule has 100 valence electrons. The zero-order valence-corrected chi connectivity index (χ0v) is 11.1. The smallest absolute Gasteiger partial charge is 0.200 e. The molecule has 3 heteroatoms. The molecule has 0 fully saturated rings. The maximum atomic E-state index is 12.6. The minimum absolute atomic E-state index is 0.0651. The summed E-state index contributed by atoms with van der Waals surface area (Å²) in [5.41, 5.74) is 2.23. The zero-order valence-electron chi connectivity index (χ0n) is 11.1. The van der Waals surface area contributed by atoms with Crippen LogP contribution in [0.1, 0.15) is 11.1 Å². The van der Waals surface area contributed by atoms with Crippen molar-refractivity contribution < 1.29 is 9.52 Å². The molecule has 0 unspecified atom stereocenters. The van der Waals surface area contributed by atoms with E-state index in [1.165, 1.54) is 0 Å². The Morgan fingerprint density at radius 1 is 1.35 bits per heavy atom. The number of benzene rings is 2. The molecule has 0 saturated carbocycles. The minimum Gasteiger partial charge on any atom is -0.508 e. The van der Waals surface area contributed by atoms with Gasteiger partial charge in [0.1, 0.15) is 16.9 Å². The molecule has 0 aliphatic rings. The first kappa shape index (κ1) is 12.5. The van der Waals surface area contributed by atoms with Crippen LogP contribution in [0, 0.1) is 6.92 Å². The molecule has 0 saturated heterocycles. The van der Waals surface area contributed by atoms with Gasteiger partial charge in [-0.15, -0.1) is 6.58 Å². The van der Waals surface area contributed by atoms with Gasteiger partial charge in [-0.25, -0.2) is 0 Å². The van der Waals surface area contributed by atoms with Gasteiger partial charge in [-0.3, -0.25) is 4.79 Å². The van der Waals surface area contributed by atoms with Gasteiger partial charge >= 0.3 is 0 Å². The van der Waals surface area contributed by atoms with Crippen molar-refractivity contribution >= 4 is 21.9 Å². The van der Waals surface area contributed by atoms with E-state index >= 15 is 0 Å². The van der Waals surface area contributed by atoms with E-state index < -0.39 is 0 Å². The summed E-state index contributed by atoms with van der Waals surface area (Å²) in [7, 11) is 0. The molecule has 3 aromatic rings. The number of hydrogen-bond donors (Lipinski definition) is 1. The number of aryl methyl sites for hydroxylation is 1. The van der Waals surface area contributed by atoms with Crippen molar-refractivity contribution in [2.24, 2.45) is 0 Å². The molecule has 3 nitrogen and oxygen atoms in total. The van der Waals surface area contributed by atoms with Crippen LogP contribution in [0.2, 0.25) is 0 Å². The molecule has 1 aromatic heterocycles. The summed E-state index contributed by atoms with van der Waals surface area (Å²) in [6.45, 7) is 5.48. The van der Waals surface area contributed by atoms with Gasteiger partial charge in [0, 0.05) is 5.56 Å². The van der Waals surface area contributed by atoms with Crippen molar-refractivity contribution in [2.75, 3.05) is 0 Å². The van der Waals surface area contributed by atoms with E-state index in [1.807, 2.05) is 12.1 Å². The van der Waals surface area contributed by atoms with Crippen molar-refractivity contribution in [2.45, 2.75) is 13.3 Å². The van der Waals surface area contributed by atoms with Crippen LogP contribution in [0.4, 0.5) is 0 Å². The summed E-state index contributed by atoms with van der Waals surface area (Å²) in [4.78, 5) is 12.6. The Hall–Kier alpha value is -2.55. The second-order valence-electron chi connectivity index (χ2n) is 4.82. The Bertz CT molecular complexity index is 888. The molecule has 0 amide bonds. The standard InChI is InChI=1S/C17H14O3/c1-3-6-11-13(18)9-10(2)15-16(19)12-7-4-5-8-14(12)20-17(11)15/h3-5,7-9,18H,1,6H2,2H3. The third kappa shape index (κ3) is 1.71. The van der Waals surface area contributed by atoms with Gasteiger partial charge in [0.05, 0.1) is 10.8 Å². The SMILES string of the molecule is C=CCc1c(O)cc(C)c2c(=O)c3ccccc3oc12. The van der Waals surface area contributed by atoms with E-state index in [1.54, 1.807) is 31.2 Å². The number of para-hydroxylation sites is 1. The topological polar surface area (TPSA) is 50.4 Å². The fourth-order valence-electron chi connectivity index (χ4n) is 2.53. The summed E-state index contributed by atoms with van der Waals surface area (Å²) >= 11 is 0. The molecule has 0 atom stereocenters. The molecule has 20 heavy (non-hydrogen) atoms. The molecule has 0 spiro atoms. The Kier molecular flexibility index (Phi) is 2.83. The van der Waals surface area contributed by atoms with E-state index in [2.05, 4.69) is 6.58 Å². The first-order valence-electron chi connectivity index (χ1n) is 6.41. The number of aromatic hydroxyl groups is 1. The largest absolute Gasteiger partial charge is 0.508 e. The predicted octanol–water partition coefficient (Wildman–Crippen LogP) is 3.69. The van der Waals surface area contributed by atoms with Crippen molar-refractivity contribution in [3.63, 3.8) is 0 Å². The number of phenolic OH excluding ortho intramolecular Hbond substituents is 1. The molecule has 0 aliphatic carbocycles. The van der Waals surface area contributed by atoms with Crippen molar-refractivity contribution in [3.8, 4) is 5.75 Å². The van der Waals surface area contributed by atoms with Crippen LogP contribution in [-0.2, 0) is 6.42 Å². The average molecular weight is 266 g/mol. The highest BCUT2D eigenvalue weighted by Gasteiger charge is 2.16. The Balaban J connectivity index is 2.60. The van der Waals surface area contributed by atoms with Gasteiger partial charge in [0.15, 0.2) is 0 Å². The van der Waals surface area contributed by atoms with Gasteiger partial charge in [-0.05, 0) is 37.1 Å². The first-order valence-corrected chi connectivity index (χ1v) is 6.41. The third-order valence-electron chi connectivity index (χ3n) is 3.48. The van der Waals surface area contributed by atoms with E-state index in [4.69, 9.17) is 4.42 Å². The zero-order chi connectivity index (χ0) is 14.3. The van der Waals surface area contributed by atoms with E-state index in [9.17, 15) is 9.90 Å². The lowest BCUT2D eigenvalue weighted by Gasteiger charge is -2.10. The van der Waals surface area contributed by atoms with Crippen LogP contribution in [0.5, 0.6) is 5.75 Å². The van der Waals surface area contributed by atoms with E-state index in [0.29, 0.717) is 39.5 Å². The number of fused-ring (bicyclic) bond motifs is 2. The second-order valence-corrected chi connectivity index (χ2v) is 4.82. The quantitative estimate of drug-likeness (QED) is 0.568. The normalized spacial score (nSPS) is 11.1. The Labute approximate surface area is 115 Å². The second kappa shape index (κ2) is 4.53. The average Bonchev–Trinajstić information content (AvgIpc) is 2.43. The van der Waals surface area contributed by atoms with Crippen LogP contribution in [0.25, 0.3) is 21.9 Å². The molecule has 0 bridgehead atoms. The molecule has 1 heterocycles. The fourth-order valence-corrected chi connectivity index (χ4v) is 2.53. The maximum Gasteiger partial charge on any atom is 0.200 e. The predicted molar refractivity (Wildman–Crippen MR) is 80.3 cm³/mol. The molecule has 0 aliphatic heterocycles. The third-order valence-corrected chi connectivity index (χ3v) is 3.48. The Morgan fingerprint density at radius 2 is 2.10 bits per heavy atom. The molecule has 1 N–H and O–H groups in total. The lowest BCUT2D eigenvalue weighted by atomic mass is 10.0. The van der Waals surface area contributed by atoms with Crippen LogP contribution in [0.3, 0.4) is 0 Å². The number of allylic oxidation sites excluding steroid dienone is 1. The van der Waals surface area contributed by atoms with Crippen molar-refractivity contribution in [1.82, 2.24) is 0 Å². The van der Waals surface area contributed by atoms with Crippen LogP contribution >= 0.6 is 0 Å². The van der Waals surface area contributed by atoms with Crippen LogP contribution < -0.4 is 5.43 Å². The van der Waals surface area contributed by atoms with Crippen molar-refractivity contribution in [1.29, 1.82) is 0 Å². The molecule has 3 rings (SSSR count). The van der Waals surface area contributed by atoms with Crippen LogP contribution in [0.15, 0.2) is 52.2 Å². The molecular weight excluding hydrogens is 252 g/mol. The first-order chi connectivity index (χ1) is 9.63. The summed E-state index contributed by atoms with van der Waals surface area (Å²) in [6.07, 6.45) is 2.13. The summed E-state index contributed by atoms with van der Waals surface area (Å²) in [5, 5.41) is 11.2. The van der Waals surface area contributed by atoms with E-state index in [-0.39, 0.29) is 11.2 Å². The summed E-state index contributed by atoms with van der Waals surface area (Å²) < 4.78 is 5.86. The van der Waals surface area contributed by atoms with Gasteiger partial charge in [-0.2, -0.15) is 0 Å². The van der Waals surface area contributed by atoms with E-state index in [0.717, 1.165) is 0 Å². The summed E-state index contributed by atoms with van der Waals surface area (Å²) in [6, 6.07) is 8.74. The number of hydrogen-bond acceptors (Lipinski definition) is 3. The van der Waals surface area contributed by atoms with Crippen molar-refractivity contribution in [3.05, 3.63) is 64.3 Å². The lowest BCUT2D eigenvalue weighted by Crippen LogP contribution is -2.05. The lowest BCUT2D eigenvalue weighted by molar-refractivity contribution is 0.468. The molecule has 2 aromatic carbocycles. The highest BCUT2D eigenvalue weighted by atomic mass is 16.3. The highest BCUT2D eigenvalue weighted by molar-refractivity contribution is 5.94. The summed E-state index contributed by atoms with van der Waals surface area (Å²) in [5.74, 6) is 0.133. The molecule has 0 radical (unpaired) electrons. The number of phenols is 1. The number of rotatable bonds is 2. The highest BCUT2D eigenvalue weighted by Crippen LogP contribution is 2.31.